The second-order valence-corrected chi connectivity index (χ2v) is 12.7. The zero-order valence-corrected chi connectivity index (χ0v) is 26.2. The van der Waals surface area contributed by atoms with E-state index in [0.29, 0.717) is 60.3 Å². The van der Waals surface area contributed by atoms with Gasteiger partial charge < -0.3 is 14.5 Å². The SMILES string of the molecule is C=C(F)C(=O)N1CCC(n2ncc3c(OCC4CCCN4C)nc4c(F)c(-c5c(C)c(C)cc6[nH]ncc56)c(Cl)cc4c32)CC1. The summed E-state index contributed by atoms with van der Waals surface area (Å²) in [5, 5.41) is 14.1. The van der Waals surface area contributed by atoms with Crippen molar-refractivity contribution in [2.75, 3.05) is 33.3 Å². The molecule has 5 heterocycles. The van der Waals surface area contributed by atoms with Crippen LogP contribution in [0.3, 0.4) is 0 Å². The zero-order valence-electron chi connectivity index (χ0n) is 25.5. The fraction of sp³-hybridized carbons (Fsp3) is 0.394. The lowest BCUT2D eigenvalue weighted by Gasteiger charge is -2.32. The summed E-state index contributed by atoms with van der Waals surface area (Å²) in [6.45, 7) is 9.18. The highest BCUT2D eigenvalue weighted by Gasteiger charge is 2.30. The number of ether oxygens (including phenoxy) is 1. The highest BCUT2D eigenvalue weighted by Crippen LogP contribution is 2.44. The number of carbonyl (C=O) groups excluding carboxylic acids is 1. The molecule has 1 atom stereocenters. The van der Waals surface area contributed by atoms with E-state index in [0.717, 1.165) is 41.4 Å². The van der Waals surface area contributed by atoms with Crippen molar-refractivity contribution in [3.63, 3.8) is 0 Å². The lowest BCUT2D eigenvalue weighted by molar-refractivity contribution is -0.129. The summed E-state index contributed by atoms with van der Waals surface area (Å²) in [5.74, 6) is -1.90. The van der Waals surface area contributed by atoms with E-state index >= 15 is 4.39 Å². The summed E-state index contributed by atoms with van der Waals surface area (Å²) in [7, 11) is 2.08. The molecule has 2 aliphatic rings. The van der Waals surface area contributed by atoms with Crippen molar-refractivity contribution in [1.29, 1.82) is 0 Å². The maximum absolute atomic E-state index is 17.0. The molecule has 1 N–H and O–H groups in total. The number of likely N-dealkylation sites (tertiary alicyclic amines) is 2. The number of hydrogen-bond donors (Lipinski definition) is 1. The maximum atomic E-state index is 17.0. The second kappa shape index (κ2) is 11.4. The first-order valence-corrected chi connectivity index (χ1v) is 15.6. The molecule has 1 amide bonds. The van der Waals surface area contributed by atoms with Crippen molar-refractivity contribution in [1.82, 2.24) is 34.8 Å². The molecule has 12 heteroatoms. The van der Waals surface area contributed by atoms with Crippen molar-refractivity contribution < 1.29 is 18.3 Å². The van der Waals surface area contributed by atoms with Crippen molar-refractivity contribution in [2.45, 2.75) is 51.6 Å². The third-order valence-corrected chi connectivity index (χ3v) is 9.91. The Kier molecular flexibility index (Phi) is 7.48. The van der Waals surface area contributed by atoms with Crippen LogP contribution in [0.5, 0.6) is 5.88 Å². The Morgan fingerprint density at radius 2 is 1.89 bits per heavy atom. The minimum absolute atomic E-state index is 0.120. The van der Waals surface area contributed by atoms with Gasteiger partial charge in [0.05, 0.1) is 39.9 Å². The van der Waals surface area contributed by atoms with Crippen LogP contribution in [0.25, 0.3) is 43.8 Å². The molecule has 5 aromatic rings. The minimum Gasteiger partial charge on any atom is -0.475 e. The van der Waals surface area contributed by atoms with E-state index in [1.165, 1.54) is 4.90 Å². The number of carbonyl (C=O) groups is 1. The summed E-state index contributed by atoms with van der Waals surface area (Å²) in [6, 6.07) is 3.86. The third-order valence-electron chi connectivity index (χ3n) is 9.62. The highest BCUT2D eigenvalue weighted by atomic mass is 35.5. The first-order chi connectivity index (χ1) is 21.6. The van der Waals surface area contributed by atoms with Gasteiger partial charge in [-0.25, -0.2) is 13.8 Å². The van der Waals surface area contributed by atoms with Crippen LogP contribution in [0.1, 0.15) is 42.9 Å². The van der Waals surface area contributed by atoms with Crippen molar-refractivity contribution in [2.24, 2.45) is 0 Å². The van der Waals surface area contributed by atoms with Gasteiger partial charge in [0.1, 0.15) is 12.1 Å². The molecule has 3 aromatic heterocycles. The predicted octanol–water partition coefficient (Wildman–Crippen LogP) is 6.66. The molecule has 234 valence electrons. The number of piperidine rings is 1. The van der Waals surface area contributed by atoms with E-state index in [-0.39, 0.29) is 28.2 Å². The van der Waals surface area contributed by atoms with Crippen LogP contribution in [0.4, 0.5) is 8.78 Å². The van der Waals surface area contributed by atoms with Crippen LogP contribution >= 0.6 is 11.6 Å². The minimum atomic E-state index is -0.970. The smallest absolute Gasteiger partial charge is 0.281 e. The summed E-state index contributed by atoms with van der Waals surface area (Å²) in [5.41, 5.74) is 4.39. The first-order valence-electron chi connectivity index (χ1n) is 15.2. The molecular formula is C33H34ClF2N7O2. The van der Waals surface area contributed by atoms with Crippen molar-refractivity contribution >= 4 is 50.2 Å². The molecule has 0 spiro atoms. The van der Waals surface area contributed by atoms with Gasteiger partial charge in [0.15, 0.2) is 11.6 Å². The monoisotopic (exact) mass is 633 g/mol. The van der Waals surface area contributed by atoms with E-state index in [1.807, 2.05) is 24.6 Å². The molecule has 0 saturated carbocycles. The number of H-pyrrole nitrogens is 1. The average Bonchev–Trinajstić information content (AvgIpc) is 3.78. The Labute approximate surface area is 263 Å². The van der Waals surface area contributed by atoms with Crippen LogP contribution in [0.2, 0.25) is 5.02 Å². The lowest BCUT2D eigenvalue weighted by atomic mass is 9.92. The van der Waals surface area contributed by atoms with Gasteiger partial charge in [-0.3, -0.25) is 14.6 Å². The van der Waals surface area contributed by atoms with Crippen LogP contribution < -0.4 is 4.74 Å². The average molecular weight is 634 g/mol. The number of benzene rings is 2. The summed E-state index contributed by atoms with van der Waals surface area (Å²) >= 11 is 6.97. The molecule has 1 unspecified atom stereocenters. The second-order valence-electron chi connectivity index (χ2n) is 12.3. The van der Waals surface area contributed by atoms with E-state index in [2.05, 4.69) is 28.7 Å². The molecule has 2 aliphatic heterocycles. The molecule has 2 saturated heterocycles. The Morgan fingerprint density at radius 1 is 1.11 bits per heavy atom. The summed E-state index contributed by atoms with van der Waals surface area (Å²) < 4.78 is 38.8. The first kappa shape index (κ1) is 29.6. The number of nitrogens with zero attached hydrogens (tertiary/aromatic N) is 6. The number of aromatic amines is 1. The molecule has 0 aliphatic carbocycles. The number of rotatable bonds is 6. The number of aromatic nitrogens is 5. The van der Waals surface area contributed by atoms with Crippen molar-refractivity contribution in [3.05, 3.63) is 58.9 Å². The van der Waals surface area contributed by atoms with Crippen LogP contribution in [0, 0.1) is 19.7 Å². The topological polar surface area (TPSA) is 92.2 Å². The number of nitrogens with one attached hydrogen (secondary N) is 1. The third kappa shape index (κ3) is 4.93. The van der Waals surface area contributed by atoms with E-state index in [4.69, 9.17) is 26.4 Å². The normalized spacial score (nSPS) is 18.1. The molecule has 2 aromatic carbocycles. The fourth-order valence-electron chi connectivity index (χ4n) is 6.97. The van der Waals surface area contributed by atoms with Gasteiger partial charge in [0.25, 0.3) is 5.91 Å². The molecule has 45 heavy (non-hydrogen) atoms. The Morgan fingerprint density at radius 3 is 2.60 bits per heavy atom. The van der Waals surface area contributed by atoms with Gasteiger partial charge in [-0.1, -0.05) is 18.2 Å². The number of hydrogen-bond acceptors (Lipinski definition) is 6. The number of halogens is 3. The lowest BCUT2D eigenvalue weighted by Crippen LogP contribution is -2.39. The fourth-order valence-corrected chi connectivity index (χ4v) is 7.25. The zero-order chi connectivity index (χ0) is 31.6. The van der Waals surface area contributed by atoms with Gasteiger partial charge in [-0.2, -0.15) is 10.2 Å². The quantitative estimate of drug-likeness (QED) is 0.210. The standard InChI is InChI=1S/C33H34ClF2N7O2/c1-17-12-26-23(14-37-40-26)27(18(17)2)28-25(34)13-22-30(29(28)36)39-32(45-16-21-6-5-9-41(21)4)24-15-38-43(31(22)24)20-7-10-42(11-8-20)33(44)19(3)35/h12-15,20-21H,3,5-11,16H2,1-2,4H3,(H,37,40). The number of likely N-dealkylation sites (N-methyl/N-ethyl adjacent to an activating group) is 1. The predicted molar refractivity (Wildman–Crippen MR) is 171 cm³/mol. The molecular weight excluding hydrogens is 600 g/mol. The highest BCUT2D eigenvalue weighted by molar-refractivity contribution is 6.35. The van der Waals surface area contributed by atoms with E-state index in [1.54, 1.807) is 18.5 Å². The van der Waals surface area contributed by atoms with Crippen LogP contribution in [0.15, 0.2) is 36.9 Å². The summed E-state index contributed by atoms with van der Waals surface area (Å²) in [4.78, 5) is 20.7. The number of aryl methyl sites for hydroxylation is 1. The molecule has 2 fully saturated rings. The van der Waals surface area contributed by atoms with E-state index < -0.39 is 17.6 Å². The maximum Gasteiger partial charge on any atom is 0.281 e. The van der Waals surface area contributed by atoms with Gasteiger partial charge in [0.2, 0.25) is 5.88 Å². The van der Waals surface area contributed by atoms with Gasteiger partial charge in [-0.05, 0) is 76.4 Å². The largest absolute Gasteiger partial charge is 0.475 e. The number of fused-ring (bicyclic) bond motifs is 4. The number of pyridine rings is 1. The molecule has 0 radical (unpaired) electrons. The van der Waals surface area contributed by atoms with Crippen LogP contribution in [-0.2, 0) is 4.79 Å². The molecule has 0 bridgehead atoms. The Hall–Kier alpha value is -4.09. The molecule has 9 nitrogen and oxygen atoms in total. The van der Waals surface area contributed by atoms with E-state index in [9.17, 15) is 9.18 Å². The van der Waals surface area contributed by atoms with Crippen LogP contribution in [-0.4, -0.2) is 80.0 Å². The van der Waals surface area contributed by atoms with Crippen molar-refractivity contribution in [3.8, 4) is 17.0 Å². The summed E-state index contributed by atoms with van der Waals surface area (Å²) in [6.07, 6.45) is 6.57. The van der Waals surface area contributed by atoms with Gasteiger partial charge >= 0.3 is 0 Å². The Bertz CT molecular complexity index is 2000. The number of amides is 1. The van der Waals surface area contributed by atoms with Gasteiger partial charge in [-0.15, -0.1) is 0 Å². The molecule has 7 rings (SSSR count). The van der Waals surface area contributed by atoms with Gasteiger partial charge in [0, 0.05) is 41.0 Å². The Balaban J connectivity index is 1.40.